The van der Waals surface area contributed by atoms with Crippen molar-refractivity contribution in [3.05, 3.63) is 69.3 Å². The largest absolute Gasteiger partial charge is 0.445 e. The van der Waals surface area contributed by atoms with E-state index in [0.29, 0.717) is 36.5 Å². The van der Waals surface area contributed by atoms with Crippen molar-refractivity contribution < 1.29 is 33.5 Å². The molecule has 0 saturated heterocycles. The SMILES string of the molecule is CCOCc1cccc(COC(=O)NCCCCCCNC(C)=O)c1NC(=O)OCc1ccccc1[N+](=O)[O-]. The van der Waals surface area contributed by atoms with Crippen LogP contribution in [-0.4, -0.2) is 42.7 Å². The first kappa shape index (κ1) is 31.0. The molecular weight excluding hydrogens is 508 g/mol. The zero-order valence-electron chi connectivity index (χ0n) is 22.3. The van der Waals surface area contributed by atoms with Crippen molar-refractivity contribution >= 4 is 29.5 Å². The van der Waals surface area contributed by atoms with Crippen molar-refractivity contribution in [3.63, 3.8) is 0 Å². The first-order chi connectivity index (χ1) is 18.8. The molecule has 0 bridgehead atoms. The number of anilines is 1. The molecule has 2 aromatic rings. The van der Waals surface area contributed by atoms with E-state index >= 15 is 0 Å². The third kappa shape index (κ3) is 11.8. The van der Waals surface area contributed by atoms with E-state index in [-0.39, 0.29) is 37.0 Å². The minimum absolute atomic E-state index is 0.0449. The Morgan fingerprint density at radius 3 is 2.05 bits per heavy atom. The molecule has 0 aliphatic rings. The molecule has 0 aliphatic carbocycles. The minimum Gasteiger partial charge on any atom is -0.445 e. The summed E-state index contributed by atoms with van der Waals surface area (Å²) in [5.41, 5.74) is 1.68. The second kappa shape index (κ2) is 17.3. The quantitative estimate of drug-likeness (QED) is 0.154. The van der Waals surface area contributed by atoms with Crippen LogP contribution in [0.5, 0.6) is 0 Å². The van der Waals surface area contributed by atoms with Crippen molar-refractivity contribution in [2.24, 2.45) is 0 Å². The third-order valence-electron chi connectivity index (χ3n) is 5.58. The molecule has 0 spiro atoms. The monoisotopic (exact) mass is 544 g/mol. The van der Waals surface area contributed by atoms with Crippen LogP contribution in [0.15, 0.2) is 42.5 Å². The van der Waals surface area contributed by atoms with Crippen LogP contribution in [0.2, 0.25) is 0 Å². The number of para-hydroxylation sites is 2. The molecule has 0 saturated carbocycles. The lowest BCUT2D eigenvalue weighted by molar-refractivity contribution is -0.385. The van der Waals surface area contributed by atoms with Gasteiger partial charge in [0.2, 0.25) is 5.91 Å². The van der Waals surface area contributed by atoms with Crippen molar-refractivity contribution in [1.29, 1.82) is 0 Å². The molecule has 0 aromatic heterocycles. The molecule has 0 aliphatic heterocycles. The zero-order chi connectivity index (χ0) is 28.5. The summed E-state index contributed by atoms with van der Waals surface area (Å²) in [6, 6.07) is 11.2. The second-order valence-electron chi connectivity index (χ2n) is 8.58. The molecule has 3 N–H and O–H groups in total. The van der Waals surface area contributed by atoms with Gasteiger partial charge in [0.1, 0.15) is 13.2 Å². The third-order valence-corrected chi connectivity index (χ3v) is 5.58. The number of unbranched alkanes of at least 4 members (excludes halogenated alkanes) is 3. The Labute approximate surface area is 227 Å². The van der Waals surface area contributed by atoms with Crippen molar-refractivity contribution in [2.45, 2.75) is 59.4 Å². The van der Waals surface area contributed by atoms with Gasteiger partial charge >= 0.3 is 12.2 Å². The van der Waals surface area contributed by atoms with Gasteiger partial charge in [-0.3, -0.25) is 20.2 Å². The lowest BCUT2D eigenvalue weighted by Gasteiger charge is -2.16. The first-order valence-corrected chi connectivity index (χ1v) is 12.8. The summed E-state index contributed by atoms with van der Waals surface area (Å²) in [7, 11) is 0. The minimum atomic E-state index is -0.818. The molecule has 0 unspecified atom stereocenters. The van der Waals surface area contributed by atoms with Crippen LogP contribution in [0.4, 0.5) is 21.0 Å². The highest BCUT2D eigenvalue weighted by Gasteiger charge is 2.17. The maximum Gasteiger partial charge on any atom is 0.411 e. The summed E-state index contributed by atoms with van der Waals surface area (Å²) in [6.07, 6.45) is 2.09. The number of hydrogen-bond donors (Lipinski definition) is 3. The summed E-state index contributed by atoms with van der Waals surface area (Å²) >= 11 is 0. The number of nitrogens with one attached hydrogen (secondary N) is 3. The van der Waals surface area contributed by atoms with Gasteiger partial charge in [-0.05, 0) is 25.8 Å². The van der Waals surface area contributed by atoms with Gasteiger partial charge in [0.05, 0.1) is 22.8 Å². The Kier molecular flexibility index (Phi) is 13.8. The van der Waals surface area contributed by atoms with Crippen LogP contribution in [0.1, 0.15) is 56.2 Å². The molecule has 12 nitrogen and oxygen atoms in total. The smallest absolute Gasteiger partial charge is 0.411 e. The maximum absolute atomic E-state index is 12.6. The zero-order valence-corrected chi connectivity index (χ0v) is 22.3. The van der Waals surface area contributed by atoms with E-state index in [2.05, 4.69) is 16.0 Å². The number of benzene rings is 2. The number of amides is 3. The highest BCUT2D eigenvalue weighted by Crippen LogP contribution is 2.24. The van der Waals surface area contributed by atoms with Crippen LogP contribution in [-0.2, 0) is 38.8 Å². The van der Waals surface area contributed by atoms with Gasteiger partial charge in [-0.15, -0.1) is 0 Å². The van der Waals surface area contributed by atoms with Crippen molar-refractivity contribution in [1.82, 2.24) is 10.6 Å². The topological polar surface area (TPSA) is 158 Å². The fraction of sp³-hybridized carbons (Fsp3) is 0.444. The van der Waals surface area contributed by atoms with E-state index in [9.17, 15) is 24.5 Å². The van der Waals surface area contributed by atoms with Gasteiger partial charge in [-0.2, -0.15) is 0 Å². The predicted octanol–water partition coefficient (Wildman–Crippen LogP) is 4.80. The summed E-state index contributed by atoms with van der Waals surface area (Å²) in [5, 5.41) is 19.3. The van der Waals surface area contributed by atoms with E-state index in [1.165, 1.54) is 25.1 Å². The number of alkyl carbamates (subject to hydrolysis) is 1. The molecule has 0 radical (unpaired) electrons. The molecule has 212 valence electrons. The first-order valence-electron chi connectivity index (χ1n) is 12.8. The van der Waals surface area contributed by atoms with Crippen LogP contribution < -0.4 is 16.0 Å². The number of nitrogens with zero attached hydrogens (tertiary/aromatic N) is 1. The van der Waals surface area contributed by atoms with Gasteiger partial charge in [0, 0.05) is 43.8 Å². The normalized spacial score (nSPS) is 10.4. The van der Waals surface area contributed by atoms with E-state index in [0.717, 1.165) is 25.7 Å². The number of carbonyl (C=O) groups excluding carboxylic acids is 3. The standard InChI is InChI=1S/C27H36N4O8/c1-3-37-17-22-12-10-13-23(19-38-26(33)29-16-9-5-4-8-15-28-20(2)32)25(22)30-27(34)39-18-21-11-6-7-14-24(21)31(35)36/h6-7,10-14H,3-5,8-9,15-19H2,1-2H3,(H,28,32)(H,29,33)(H,30,34). The van der Waals surface area contributed by atoms with Crippen molar-refractivity contribution in [2.75, 3.05) is 25.0 Å². The fourth-order valence-corrected chi connectivity index (χ4v) is 3.61. The van der Waals surface area contributed by atoms with Crippen LogP contribution in [0.3, 0.4) is 0 Å². The molecule has 2 rings (SSSR count). The Hall–Kier alpha value is -4.19. The molecule has 12 heteroatoms. The number of nitro groups is 1. The van der Waals surface area contributed by atoms with Crippen LogP contribution in [0, 0.1) is 10.1 Å². The fourth-order valence-electron chi connectivity index (χ4n) is 3.61. The summed E-state index contributed by atoms with van der Waals surface area (Å²) in [6.45, 7) is 4.68. The Balaban J connectivity index is 1.91. The number of nitro benzene ring substituents is 1. The van der Waals surface area contributed by atoms with E-state index in [1.54, 1.807) is 24.3 Å². The molecular formula is C27H36N4O8. The highest BCUT2D eigenvalue weighted by molar-refractivity contribution is 5.87. The molecule has 39 heavy (non-hydrogen) atoms. The Morgan fingerprint density at radius 1 is 0.795 bits per heavy atom. The van der Waals surface area contributed by atoms with E-state index < -0.39 is 17.1 Å². The van der Waals surface area contributed by atoms with Crippen molar-refractivity contribution in [3.8, 4) is 0 Å². The van der Waals surface area contributed by atoms with Gasteiger partial charge in [0.25, 0.3) is 5.69 Å². The Morgan fingerprint density at radius 2 is 1.38 bits per heavy atom. The van der Waals surface area contributed by atoms with Gasteiger partial charge < -0.3 is 24.8 Å². The second-order valence-corrected chi connectivity index (χ2v) is 8.58. The lowest BCUT2D eigenvalue weighted by atomic mass is 10.1. The van der Waals surface area contributed by atoms with Crippen LogP contribution in [0.25, 0.3) is 0 Å². The number of rotatable bonds is 16. The molecule has 0 atom stereocenters. The highest BCUT2D eigenvalue weighted by atomic mass is 16.6. The van der Waals surface area contributed by atoms with Gasteiger partial charge in [-0.1, -0.05) is 43.2 Å². The van der Waals surface area contributed by atoms with Gasteiger partial charge in [0.15, 0.2) is 0 Å². The maximum atomic E-state index is 12.6. The molecule has 0 fully saturated rings. The lowest BCUT2D eigenvalue weighted by Crippen LogP contribution is -2.25. The molecule has 0 heterocycles. The predicted molar refractivity (Wildman–Crippen MR) is 144 cm³/mol. The summed E-state index contributed by atoms with van der Waals surface area (Å²) < 4.78 is 16.1. The summed E-state index contributed by atoms with van der Waals surface area (Å²) in [4.78, 5) is 46.3. The number of carbonyl (C=O) groups is 3. The summed E-state index contributed by atoms with van der Waals surface area (Å²) in [5.74, 6) is -0.0449. The molecule has 3 amide bonds. The van der Waals surface area contributed by atoms with E-state index in [1.807, 2.05) is 6.92 Å². The average Bonchev–Trinajstić information content (AvgIpc) is 2.91. The number of ether oxygens (including phenoxy) is 3. The van der Waals surface area contributed by atoms with Crippen LogP contribution >= 0.6 is 0 Å². The van der Waals surface area contributed by atoms with E-state index in [4.69, 9.17) is 14.2 Å². The molecule has 2 aromatic carbocycles. The number of hydrogen-bond acceptors (Lipinski definition) is 8. The Bertz CT molecular complexity index is 1110. The average molecular weight is 545 g/mol. The van der Waals surface area contributed by atoms with Gasteiger partial charge in [-0.25, -0.2) is 9.59 Å².